The standard InChI is InChI=1S/C15H25NO2/c1-6-16(10-15(4,5)18)9-13-7-11(2)12(3)8-14(13)17/h7-8,17-18H,6,9-10H2,1-5H3. The number of hydrogen-bond donors (Lipinski definition) is 2. The summed E-state index contributed by atoms with van der Waals surface area (Å²) >= 11 is 0. The van der Waals surface area contributed by atoms with Crippen molar-refractivity contribution in [3.05, 3.63) is 28.8 Å². The number of aromatic hydroxyl groups is 1. The Morgan fingerprint density at radius 3 is 2.22 bits per heavy atom. The first-order valence-corrected chi connectivity index (χ1v) is 6.46. The van der Waals surface area contributed by atoms with E-state index in [1.807, 2.05) is 26.0 Å². The van der Waals surface area contributed by atoms with Gasteiger partial charge in [0, 0.05) is 18.7 Å². The molecule has 0 spiro atoms. The van der Waals surface area contributed by atoms with Gasteiger partial charge in [-0.15, -0.1) is 0 Å². The average Bonchev–Trinajstić information content (AvgIpc) is 2.22. The Hall–Kier alpha value is -1.06. The zero-order valence-corrected chi connectivity index (χ0v) is 12.1. The molecule has 0 aliphatic rings. The Morgan fingerprint density at radius 1 is 1.17 bits per heavy atom. The second-order valence-corrected chi connectivity index (χ2v) is 5.68. The monoisotopic (exact) mass is 251 g/mol. The van der Waals surface area contributed by atoms with Crippen LogP contribution >= 0.6 is 0 Å². The highest BCUT2D eigenvalue weighted by molar-refractivity contribution is 5.40. The van der Waals surface area contributed by atoms with Crippen LogP contribution in [0.25, 0.3) is 0 Å². The summed E-state index contributed by atoms with van der Waals surface area (Å²) in [5.41, 5.74) is 2.49. The topological polar surface area (TPSA) is 43.7 Å². The molecule has 0 amide bonds. The molecule has 3 nitrogen and oxygen atoms in total. The van der Waals surface area contributed by atoms with Crippen LogP contribution in [0.4, 0.5) is 0 Å². The maximum absolute atomic E-state index is 9.97. The molecule has 3 heteroatoms. The number of phenolic OH excluding ortho intramolecular Hbond substituents is 1. The second kappa shape index (κ2) is 5.72. The lowest BCUT2D eigenvalue weighted by atomic mass is 10.0. The third kappa shape index (κ3) is 4.31. The van der Waals surface area contributed by atoms with E-state index in [9.17, 15) is 10.2 Å². The summed E-state index contributed by atoms with van der Waals surface area (Å²) in [5, 5.41) is 19.8. The van der Waals surface area contributed by atoms with Gasteiger partial charge in [-0.1, -0.05) is 13.0 Å². The smallest absolute Gasteiger partial charge is 0.120 e. The lowest BCUT2D eigenvalue weighted by Crippen LogP contribution is -2.38. The van der Waals surface area contributed by atoms with E-state index in [-0.39, 0.29) is 0 Å². The van der Waals surface area contributed by atoms with Crippen molar-refractivity contribution in [1.29, 1.82) is 0 Å². The first kappa shape index (κ1) is 15.0. The third-order valence-corrected chi connectivity index (χ3v) is 3.15. The van der Waals surface area contributed by atoms with Gasteiger partial charge in [-0.25, -0.2) is 0 Å². The van der Waals surface area contributed by atoms with Gasteiger partial charge in [-0.3, -0.25) is 4.90 Å². The molecule has 1 aromatic carbocycles. The van der Waals surface area contributed by atoms with Crippen LogP contribution in [-0.2, 0) is 6.54 Å². The Labute approximate surface area is 110 Å². The SMILES string of the molecule is CCN(Cc1cc(C)c(C)cc1O)CC(C)(C)O. The number of aliphatic hydroxyl groups is 1. The molecule has 0 radical (unpaired) electrons. The molecule has 0 unspecified atom stereocenters. The molecule has 0 aromatic heterocycles. The minimum absolute atomic E-state index is 0.340. The Bertz CT molecular complexity index is 408. The summed E-state index contributed by atoms with van der Waals surface area (Å²) in [7, 11) is 0. The predicted molar refractivity (Wildman–Crippen MR) is 74.8 cm³/mol. The van der Waals surface area contributed by atoms with Crippen LogP contribution in [0.1, 0.15) is 37.5 Å². The van der Waals surface area contributed by atoms with Gasteiger partial charge >= 0.3 is 0 Å². The van der Waals surface area contributed by atoms with Gasteiger partial charge in [0.2, 0.25) is 0 Å². The van der Waals surface area contributed by atoms with Crippen molar-refractivity contribution in [1.82, 2.24) is 4.90 Å². The molecule has 0 fully saturated rings. The zero-order valence-electron chi connectivity index (χ0n) is 12.1. The first-order chi connectivity index (χ1) is 8.23. The summed E-state index contributed by atoms with van der Waals surface area (Å²) in [6.07, 6.45) is 0. The van der Waals surface area contributed by atoms with Gasteiger partial charge < -0.3 is 10.2 Å². The minimum atomic E-state index is -0.717. The normalized spacial score (nSPS) is 12.2. The molecule has 0 aliphatic heterocycles. The quantitative estimate of drug-likeness (QED) is 0.845. The largest absolute Gasteiger partial charge is 0.508 e. The number of aryl methyl sites for hydroxylation is 2. The lowest BCUT2D eigenvalue weighted by Gasteiger charge is -2.28. The molecular weight excluding hydrogens is 226 g/mol. The van der Waals surface area contributed by atoms with E-state index < -0.39 is 5.60 Å². The summed E-state index contributed by atoms with van der Waals surface area (Å²) in [5.74, 6) is 0.340. The van der Waals surface area contributed by atoms with E-state index in [0.717, 1.165) is 17.7 Å². The maximum atomic E-state index is 9.97. The van der Waals surface area contributed by atoms with E-state index in [1.54, 1.807) is 13.8 Å². The number of likely N-dealkylation sites (N-methyl/N-ethyl adjacent to an activating group) is 1. The van der Waals surface area contributed by atoms with Gasteiger partial charge in [0.1, 0.15) is 5.75 Å². The van der Waals surface area contributed by atoms with E-state index >= 15 is 0 Å². The molecule has 0 atom stereocenters. The van der Waals surface area contributed by atoms with E-state index in [0.29, 0.717) is 18.8 Å². The highest BCUT2D eigenvalue weighted by Crippen LogP contribution is 2.23. The summed E-state index contributed by atoms with van der Waals surface area (Å²) in [4.78, 5) is 2.13. The van der Waals surface area contributed by atoms with E-state index in [1.165, 1.54) is 5.56 Å². The highest BCUT2D eigenvalue weighted by Gasteiger charge is 2.18. The fraction of sp³-hybridized carbons (Fsp3) is 0.600. The molecule has 0 saturated carbocycles. The molecule has 18 heavy (non-hydrogen) atoms. The second-order valence-electron chi connectivity index (χ2n) is 5.68. The van der Waals surface area contributed by atoms with Crippen LogP contribution < -0.4 is 0 Å². The van der Waals surface area contributed by atoms with Gasteiger partial charge in [0.25, 0.3) is 0 Å². The molecule has 0 aliphatic carbocycles. The number of rotatable bonds is 5. The molecule has 2 N–H and O–H groups in total. The van der Waals surface area contributed by atoms with Crippen LogP contribution in [0.5, 0.6) is 5.75 Å². The van der Waals surface area contributed by atoms with Crippen molar-refractivity contribution >= 4 is 0 Å². The Kier molecular flexibility index (Phi) is 4.77. The van der Waals surface area contributed by atoms with Crippen LogP contribution in [0.3, 0.4) is 0 Å². The van der Waals surface area contributed by atoms with Gasteiger partial charge in [-0.05, 0) is 51.4 Å². The molecular formula is C15H25NO2. The van der Waals surface area contributed by atoms with Crippen molar-refractivity contribution in [3.63, 3.8) is 0 Å². The van der Waals surface area contributed by atoms with E-state index in [4.69, 9.17) is 0 Å². The number of nitrogens with zero attached hydrogens (tertiary/aromatic N) is 1. The van der Waals surface area contributed by atoms with Crippen LogP contribution in [0, 0.1) is 13.8 Å². The molecule has 102 valence electrons. The van der Waals surface area contributed by atoms with Crippen LogP contribution in [-0.4, -0.2) is 33.8 Å². The fourth-order valence-corrected chi connectivity index (χ4v) is 2.06. The lowest BCUT2D eigenvalue weighted by molar-refractivity contribution is 0.0351. The zero-order chi connectivity index (χ0) is 13.9. The summed E-state index contributed by atoms with van der Waals surface area (Å²) in [6, 6.07) is 3.83. The van der Waals surface area contributed by atoms with E-state index in [2.05, 4.69) is 11.8 Å². The molecule has 0 saturated heterocycles. The third-order valence-electron chi connectivity index (χ3n) is 3.15. The number of benzene rings is 1. The van der Waals surface area contributed by atoms with Crippen molar-refractivity contribution in [2.24, 2.45) is 0 Å². The Morgan fingerprint density at radius 2 is 1.72 bits per heavy atom. The van der Waals surface area contributed by atoms with Crippen molar-refractivity contribution in [3.8, 4) is 5.75 Å². The highest BCUT2D eigenvalue weighted by atomic mass is 16.3. The number of hydrogen-bond acceptors (Lipinski definition) is 3. The average molecular weight is 251 g/mol. The van der Waals surface area contributed by atoms with Gasteiger partial charge in [0.15, 0.2) is 0 Å². The van der Waals surface area contributed by atoms with Crippen LogP contribution in [0.15, 0.2) is 12.1 Å². The molecule has 1 rings (SSSR count). The number of phenols is 1. The minimum Gasteiger partial charge on any atom is -0.508 e. The van der Waals surface area contributed by atoms with Gasteiger partial charge in [0.05, 0.1) is 5.60 Å². The predicted octanol–water partition coefficient (Wildman–Crippen LogP) is 2.60. The molecule has 0 bridgehead atoms. The first-order valence-electron chi connectivity index (χ1n) is 6.46. The maximum Gasteiger partial charge on any atom is 0.120 e. The molecule has 1 aromatic rings. The Balaban J connectivity index is 2.85. The van der Waals surface area contributed by atoms with Crippen molar-refractivity contribution < 1.29 is 10.2 Å². The van der Waals surface area contributed by atoms with Crippen molar-refractivity contribution in [2.45, 2.75) is 46.8 Å². The summed E-state index contributed by atoms with van der Waals surface area (Å²) < 4.78 is 0. The summed E-state index contributed by atoms with van der Waals surface area (Å²) in [6.45, 7) is 11.8. The molecule has 0 heterocycles. The fourth-order valence-electron chi connectivity index (χ4n) is 2.06. The van der Waals surface area contributed by atoms with Crippen LogP contribution in [0.2, 0.25) is 0 Å². The van der Waals surface area contributed by atoms with Crippen molar-refractivity contribution in [2.75, 3.05) is 13.1 Å². The van der Waals surface area contributed by atoms with Gasteiger partial charge in [-0.2, -0.15) is 0 Å².